The van der Waals surface area contributed by atoms with Crippen molar-refractivity contribution in [2.45, 2.75) is 38.1 Å². The van der Waals surface area contributed by atoms with Crippen molar-refractivity contribution in [2.24, 2.45) is 0 Å². The van der Waals surface area contributed by atoms with E-state index in [4.69, 9.17) is 0 Å². The summed E-state index contributed by atoms with van der Waals surface area (Å²) < 4.78 is 39.2. The van der Waals surface area contributed by atoms with Crippen molar-refractivity contribution in [1.29, 1.82) is 0 Å². The topological polar surface area (TPSA) is 20.2 Å². The van der Waals surface area contributed by atoms with Crippen molar-refractivity contribution in [3.63, 3.8) is 0 Å². The number of hydrogen-bond acceptors (Lipinski definition) is 1. The number of hydroxylamine groups is 3. The highest BCUT2D eigenvalue weighted by molar-refractivity contribution is 6.50. The highest BCUT2D eigenvalue weighted by Gasteiger charge is 2.28. The molecule has 1 N–H and O–H groups in total. The summed E-state index contributed by atoms with van der Waals surface area (Å²) in [5, 5.41) is 9.58. The highest BCUT2D eigenvalue weighted by atomic mass is 19.5. The van der Waals surface area contributed by atoms with Crippen LogP contribution in [-0.2, 0) is 0 Å². The smallest absolute Gasteiger partial charge is 0.418 e. The molecule has 0 aromatic heterocycles. The van der Waals surface area contributed by atoms with E-state index in [-0.39, 0.29) is 4.65 Å². The first kappa shape index (κ1) is 14.7. The van der Waals surface area contributed by atoms with E-state index in [1.807, 2.05) is 14.1 Å². The second-order valence-electron chi connectivity index (χ2n) is 4.27. The van der Waals surface area contributed by atoms with Gasteiger partial charge in [0.1, 0.15) is 6.04 Å². The molecule has 7 heteroatoms. The molecule has 92 valence electrons. The van der Waals surface area contributed by atoms with Gasteiger partial charge in [0.15, 0.2) is 0 Å². The molecule has 0 aromatic rings. The number of hydrogen-bond donors (Lipinski definition) is 1. The van der Waals surface area contributed by atoms with Crippen LogP contribution in [0.25, 0.3) is 0 Å². The standard InChI is InChI=1S/C8H18NO.BF4/c1-9(2,10)8-6-4-3-5-7-8;2-1(3,4)5/h8,10H,3-7H2,1-2H3;/q+1;-1. The largest absolute Gasteiger partial charge is 0.673 e. The number of rotatable bonds is 1. The van der Waals surface area contributed by atoms with Gasteiger partial charge in [-0.05, 0) is 12.8 Å². The van der Waals surface area contributed by atoms with E-state index >= 15 is 0 Å². The van der Waals surface area contributed by atoms with Crippen LogP contribution in [0.4, 0.5) is 17.3 Å². The van der Waals surface area contributed by atoms with Crippen LogP contribution < -0.4 is 0 Å². The quantitative estimate of drug-likeness (QED) is 0.318. The zero-order valence-corrected chi connectivity index (χ0v) is 9.10. The Labute approximate surface area is 87.5 Å². The Kier molecular flexibility index (Phi) is 5.59. The number of nitrogens with zero attached hydrogens (tertiary/aromatic N) is 1. The third-order valence-corrected chi connectivity index (χ3v) is 2.47. The van der Waals surface area contributed by atoms with Gasteiger partial charge < -0.3 is 17.3 Å². The van der Waals surface area contributed by atoms with Gasteiger partial charge >= 0.3 is 7.25 Å². The monoisotopic (exact) mass is 231 g/mol. The Balaban J connectivity index is 0.000000336. The minimum Gasteiger partial charge on any atom is -0.418 e. The second-order valence-corrected chi connectivity index (χ2v) is 4.27. The summed E-state index contributed by atoms with van der Waals surface area (Å²) in [5.41, 5.74) is 0. The van der Waals surface area contributed by atoms with Crippen molar-refractivity contribution in [2.75, 3.05) is 14.1 Å². The van der Waals surface area contributed by atoms with Crippen LogP contribution >= 0.6 is 0 Å². The summed E-state index contributed by atoms with van der Waals surface area (Å²) in [6.07, 6.45) is 6.35. The minimum atomic E-state index is -6.00. The molecule has 0 aromatic carbocycles. The molecule has 1 saturated carbocycles. The lowest BCUT2D eigenvalue weighted by Gasteiger charge is -2.32. The summed E-state index contributed by atoms with van der Waals surface area (Å²) in [4.78, 5) is 0. The molecule has 15 heavy (non-hydrogen) atoms. The Morgan fingerprint density at radius 3 is 1.53 bits per heavy atom. The molecule has 0 aliphatic heterocycles. The maximum Gasteiger partial charge on any atom is 0.673 e. The Hall–Kier alpha value is -0.295. The molecule has 0 atom stereocenters. The molecule has 2 nitrogen and oxygen atoms in total. The maximum absolute atomic E-state index is 9.75. The second kappa shape index (κ2) is 5.70. The van der Waals surface area contributed by atoms with Gasteiger partial charge in [-0.15, -0.1) is 0 Å². The number of quaternary nitrogens is 1. The molecule has 0 radical (unpaired) electrons. The van der Waals surface area contributed by atoms with Gasteiger partial charge in [0, 0.05) is 12.8 Å². The van der Waals surface area contributed by atoms with Crippen molar-refractivity contribution in [3.8, 4) is 0 Å². The summed E-state index contributed by atoms with van der Waals surface area (Å²) in [6.45, 7) is 0. The van der Waals surface area contributed by atoms with E-state index in [9.17, 15) is 22.5 Å². The van der Waals surface area contributed by atoms with E-state index in [0.717, 1.165) is 0 Å². The summed E-state index contributed by atoms with van der Waals surface area (Å²) in [5.74, 6) is 0. The van der Waals surface area contributed by atoms with Gasteiger partial charge in [0.2, 0.25) is 0 Å². The van der Waals surface area contributed by atoms with Gasteiger partial charge in [-0.1, -0.05) is 6.42 Å². The Morgan fingerprint density at radius 1 is 1.00 bits per heavy atom. The van der Waals surface area contributed by atoms with Crippen LogP contribution in [0.3, 0.4) is 0 Å². The molecule has 0 heterocycles. The minimum absolute atomic E-state index is 0.167. The molecule has 1 aliphatic rings. The van der Waals surface area contributed by atoms with Crippen molar-refractivity contribution in [1.82, 2.24) is 0 Å². The van der Waals surface area contributed by atoms with Crippen molar-refractivity contribution < 1.29 is 27.1 Å². The normalized spacial score (nSPS) is 19.4. The fraction of sp³-hybridized carbons (Fsp3) is 1.00. The molecule has 1 rings (SSSR count). The predicted octanol–water partition coefficient (Wildman–Crippen LogP) is 3.08. The SMILES string of the molecule is C[N+](C)(O)C1CCCCC1.F[B-](F)(F)F. The third kappa shape index (κ3) is 10.00. The Bertz CT molecular complexity index is 168. The average Bonchev–Trinajstić information content (AvgIpc) is 2.01. The van der Waals surface area contributed by atoms with Crippen LogP contribution in [0.2, 0.25) is 0 Å². The summed E-state index contributed by atoms with van der Waals surface area (Å²) in [6, 6.07) is 0.494. The lowest BCUT2D eigenvalue weighted by atomic mass is 9.94. The van der Waals surface area contributed by atoms with Crippen molar-refractivity contribution in [3.05, 3.63) is 0 Å². The van der Waals surface area contributed by atoms with Gasteiger partial charge in [0.05, 0.1) is 14.1 Å². The van der Waals surface area contributed by atoms with E-state index in [2.05, 4.69) is 0 Å². The van der Waals surface area contributed by atoms with E-state index in [0.29, 0.717) is 6.04 Å². The molecule has 0 spiro atoms. The zero-order chi connectivity index (χ0) is 12.1. The molecule has 0 bridgehead atoms. The van der Waals surface area contributed by atoms with Crippen molar-refractivity contribution >= 4 is 7.25 Å². The van der Waals surface area contributed by atoms with Crippen LogP contribution in [0, 0.1) is 0 Å². The molecule has 0 unspecified atom stereocenters. The fourth-order valence-electron chi connectivity index (χ4n) is 1.71. The molecule has 1 aliphatic carbocycles. The molecular weight excluding hydrogens is 213 g/mol. The molecule has 0 amide bonds. The molecule has 1 fully saturated rings. The molecular formula is C8H18BF4NO. The third-order valence-electron chi connectivity index (χ3n) is 2.47. The molecule has 0 saturated heterocycles. The fourth-order valence-corrected chi connectivity index (χ4v) is 1.71. The average molecular weight is 231 g/mol. The zero-order valence-electron chi connectivity index (χ0n) is 9.10. The van der Waals surface area contributed by atoms with Gasteiger partial charge in [-0.25, -0.2) is 5.21 Å². The van der Waals surface area contributed by atoms with Gasteiger partial charge in [-0.2, -0.15) is 4.65 Å². The van der Waals surface area contributed by atoms with Gasteiger partial charge in [0.25, 0.3) is 0 Å². The highest BCUT2D eigenvalue weighted by Crippen LogP contribution is 2.23. The van der Waals surface area contributed by atoms with Crippen LogP contribution in [-0.4, -0.2) is 37.2 Å². The lowest BCUT2D eigenvalue weighted by molar-refractivity contribution is -1.09. The van der Waals surface area contributed by atoms with Crippen LogP contribution in [0.5, 0.6) is 0 Å². The van der Waals surface area contributed by atoms with E-state index in [1.54, 1.807) is 0 Å². The van der Waals surface area contributed by atoms with Crippen LogP contribution in [0.1, 0.15) is 32.1 Å². The van der Waals surface area contributed by atoms with E-state index < -0.39 is 7.25 Å². The maximum atomic E-state index is 9.75. The summed E-state index contributed by atoms with van der Waals surface area (Å²) in [7, 11) is -2.26. The first-order valence-electron chi connectivity index (χ1n) is 5.04. The summed E-state index contributed by atoms with van der Waals surface area (Å²) >= 11 is 0. The first-order valence-corrected chi connectivity index (χ1v) is 5.04. The first-order chi connectivity index (χ1) is 6.61. The van der Waals surface area contributed by atoms with Crippen LogP contribution in [0.15, 0.2) is 0 Å². The number of halogens is 4. The van der Waals surface area contributed by atoms with Gasteiger partial charge in [-0.3, -0.25) is 0 Å². The Morgan fingerprint density at radius 2 is 1.33 bits per heavy atom. The lowest BCUT2D eigenvalue weighted by Crippen LogP contribution is -2.46. The predicted molar refractivity (Wildman–Crippen MR) is 51.0 cm³/mol. The van der Waals surface area contributed by atoms with E-state index in [1.165, 1.54) is 32.1 Å².